The number of rotatable bonds is 5. The largest absolute Gasteiger partial charge is 0.487 e. The molecule has 174 valence electrons. The highest BCUT2D eigenvalue weighted by atomic mass is 16.5. The van der Waals surface area contributed by atoms with Crippen LogP contribution in [0.4, 0.5) is 11.4 Å². The molecule has 3 aliphatic heterocycles. The number of morpholine rings is 1. The van der Waals surface area contributed by atoms with Gasteiger partial charge in [0.15, 0.2) is 5.82 Å². The Morgan fingerprint density at radius 2 is 1.97 bits per heavy atom. The van der Waals surface area contributed by atoms with Crippen LogP contribution >= 0.6 is 0 Å². The summed E-state index contributed by atoms with van der Waals surface area (Å²) in [5.74, 6) is 1.25. The van der Waals surface area contributed by atoms with E-state index in [1.165, 1.54) is 6.20 Å². The summed E-state index contributed by atoms with van der Waals surface area (Å²) >= 11 is 0. The maximum absolute atomic E-state index is 13.3. The van der Waals surface area contributed by atoms with E-state index in [1.807, 2.05) is 12.1 Å². The van der Waals surface area contributed by atoms with E-state index in [9.17, 15) is 4.79 Å². The van der Waals surface area contributed by atoms with Gasteiger partial charge in [0.05, 0.1) is 30.2 Å². The van der Waals surface area contributed by atoms with Crippen molar-refractivity contribution in [3.63, 3.8) is 0 Å². The second-order valence-corrected chi connectivity index (χ2v) is 9.34. The molecule has 4 N–H and O–H groups in total. The fourth-order valence-corrected chi connectivity index (χ4v) is 4.46. The molecule has 0 unspecified atom stereocenters. The van der Waals surface area contributed by atoms with E-state index in [1.54, 1.807) is 12.4 Å². The van der Waals surface area contributed by atoms with Gasteiger partial charge in [0, 0.05) is 68.7 Å². The maximum atomic E-state index is 13.3. The van der Waals surface area contributed by atoms with Gasteiger partial charge >= 0.3 is 0 Å². The molecule has 9 nitrogen and oxygen atoms in total. The molecule has 0 aliphatic carbocycles. The number of hydrogen-bond donors (Lipinski definition) is 3. The molecule has 3 aliphatic rings. The summed E-state index contributed by atoms with van der Waals surface area (Å²) in [5.41, 5.74) is 9.56. The van der Waals surface area contributed by atoms with E-state index in [4.69, 9.17) is 15.2 Å². The number of amides is 1. The van der Waals surface area contributed by atoms with Gasteiger partial charge in [0.2, 0.25) is 0 Å². The normalized spacial score (nSPS) is 20.1. The van der Waals surface area contributed by atoms with Crippen LogP contribution in [-0.4, -0.2) is 60.9 Å². The molecule has 5 rings (SSSR count). The molecule has 0 radical (unpaired) electrons. The number of nitrogens with one attached hydrogen (secondary N) is 2. The van der Waals surface area contributed by atoms with Crippen molar-refractivity contribution < 1.29 is 14.3 Å². The number of nitrogens with two attached hydrogens (primary N) is 1. The van der Waals surface area contributed by atoms with Gasteiger partial charge in [0.1, 0.15) is 11.4 Å². The zero-order chi connectivity index (χ0) is 23.0. The highest BCUT2D eigenvalue weighted by molar-refractivity contribution is 6.24. The van der Waals surface area contributed by atoms with E-state index >= 15 is 0 Å². The lowest BCUT2D eigenvalue weighted by Crippen LogP contribution is -2.40. The van der Waals surface area contributed by atoms with Crippen LogP contribution in [0.15, 0.2) is 30.7 Å². The third-order valence-corrected chi connectivity index (χ3v) is 6.36. The second kappa shape index (κ2) is 8.64. The van der Waals surface area contributed by atoms with Crippen molar-refractivity contribution in [2.75, 3.05) is 49.6 Å². The Morgan fingerprint density at radius 3 is 2.61 bits per heavy atom. The Hall–Kier alpha value is -3.17. The molecule has 33 heavy (non-hydrogen) atoms. The van der Waals surface area contributed by atoms with Gasteiger partial charge in [0.25, 0.3) is 5.91 Å². The molecule has 0 saturated carbocycles. The van der Waals surface area contributed by atoms with Gasteiger partial charge < -0.3 is 30.7 Å². The third-order valence-electron chi connectivity index (χ3n) is 6.36. The highest BCUT2D eigenvalue weighted by Crippen LogP contribution is 2.42. The number of aromatic nitrogens is 2. The minimum Gasteiger partial charge on any atom is -0.487 e. The topological polar surface area (TPSA) is 115 Å². The number of nitrogens with zero attached hydrogens (tertiary/aromatic N) is 3. The van der Waals surface area contributed by atoms with Crippen LogP contribution in [0.3, 0.4) is 0 Å². The number of carbonyl (C=O) groups is 1. The maximum Gasteiger partial charge on any atom is 0.261 e. The number of fused-ring (bicyclic) bond motifs is 1. The third kappa shape index (κ3) is 4.38. The zero-order valence-electron chi connectivity index (χ0n) is 19.1. The van der Waals surface area contributed by atoms with Crippen LogP contribution in [0, 0.1) is 0 Å². The molecule has 0 atom stereocenters. The Balaban J connectivity index is 1.41. The Labute approximate surface area is 193 Å². The zero-order valence-corrected chi connectivity index (χ0v) is 19.1. The Kier molecular flexibility index (Phi) is 5.67. The van der Waals surface area contributed by atoms with Gasteiger partial charge in [-0.25, -0.2) is 9.97 Å². The van der Waals surface area contributed by atoms with Gasteiger partial charge in [-0.15, -0.1) is 0 Å². The van der Waals surface area contributed by atoms with Crippen molar-refractivity contribution in [3.8, 4) is 5.75 Å². The smallest absolute Gasteiger partial charge is 0.261 e. The first-order chi connectivity index (χ1) is 15.9. The molecule has 0 bridgehead atoms. The molecule has 1 aromatic carbocycles. The van der Waals surface area contributed by atoms with Crippen LogP contribution in [0.5, 0.6) is 5.75 Å². The number of ether oxygens (including phenoxy) is 2. The molecule has 0 spiro atoms. The van der Waals surface area contributed by atoms with Gasteiger partial charge in [-0.2, -0.15) is 0 Å². The van der Waals surface area contributed by atoms with Gasteiger partial charge in [-0.3, -0.25) is 4.79 Å². The molecule has 1 amide bonds. The van der Waals surface area contributed by atoms with Crippen LogP contribution in [0.1, 0.15) is 36.7 Å². The molecule has 1 aromatic heterocycles. The standard InChI is InChI=1S/C24H30N6O3/c1-24(2)9-15-7-19(20(8-21(15)33-24)30-3-5-32-6-4-30)29-23(31)18(10-25)22-27-13-17(14-28-22)16-11-26-12-16/h7-8,10,13-14,16,26H,3-6,9,11-12,25H2,1-2H3,(H,29,31)/b18-10+. The molecular formula is C24H30N6O3. The van der Waals surface area contributed by atoms with E-state index < -0.39 is 0 Å². The summed E-state index contributed by atoms with van der Waals surface area (Å²) in [6, 6.07) is 4.03. The number of benzene rings is 1. The number of carbonyl (C=O) groups excluding carboxylic acids is 1. The lowest BCUT2D eigenvalue weighted by Gasteiger charge is -2.31. The van der Waals surface area contributed by atoms with Crippen LogP contribution < -0.4 is 26.0 Å². The molecule has 2 saturated heterocycles. The summed E-state index contributed by atoms with van der Waals surface area (Å²) in [6.45, 7) is 8.74. The number of hydrogen-bond acceptors (Lipinski definition) is 8. The first-order valence-corrected chi connectivity index (χ1v) is 11.4. The minimum absolute atomic E-state index is 0.235. The SMILES string of the molecule is CC1(C)Cc2cc(NC(=O)/C(=C/N)c3ncc(C4CNC4)cn3)c(N3CCOCC3)cc2O1. The summed E-state index contributed by atoms with van der Waals surface area (Å²) in [6.07, 6.45) is 5.59. The average molecular weight is 451 g/mol. The summed E-state index contributed by atoms with van der Waals surface area (Å²) in [7, 11) is 0. The van der Waals surface area contributed by atoms with E-state index in [2.05, 4.69) is 39.3 Å². The average Bonchev–Trinajstić information content (AvgIpc) is 3.07. The monoisotopic (exact) mass is 450 g/mol. The van der Waals surface area contributed by atoms with Gasteiger partial charge in [-0.05, 0) is 25.5 Å². The van der Waals surface area contributed by atoms with Crippen LogP contribution in [0.2, 0.25) is 0 Å². The summed E-state index contributed by atoms with van der Waals surface area (Å²) in [5, 5.41) is 6.30. The lowest BCUT2D eigenvalue weighted by molar-refractivity contribution is -0.111. The first-order valence-electron chi connectivity index (χ1n) is 11.4. The van der Waals surface area contributed by atoms with Crippen LogP contribution in [-0.2, 0) is 16.0 Å². The Morgan fingerprint density at radius 1 is 1.24 bits per heavy atom. The molecule has 4 heterocycles. The lowest BCUT2D eigenvalue weighted by atomic mass is 9.96. The first kappa shape index (κ1) is 21.7. The van der Waals surface area contributed by atoms with Crippen molar-refractivity contribution in [1.29, 1.82) is 0 Å². The van der Waals surface area contributed by atoms with Crippen molar-refractivity contribution >= 4 is 22.9 Å². The molecule has 2 fully saturated rings. The van der Waals surface area contributed by atoms with Crippen LogP contribution in [0.25, 0.3) is 5.57 Å². The predicted molar refractivity (Wildman–Crippen MR) is 126 cm³/mol. The fourth-order valence-electron chi connectivity index (χ4n) is 4.46. The molecule has 2 aromatic rings. The van der Waals surface area contributed by atoms with Crippen molar-refractivity contribution in [2.45, 2.75) is 31.8 Å². The Bertz CT molecular complexity index is 1070. The van der Waals surface area contributed by atoms with Gasteiger partial charge in [-0.1, -0.05) is 0 Å². The van der Waals surface area contributed by atoms with Crippen molar-refractivity contribution in [1.82, 2.24) is 15.3 Å². The molecular weight excluding hydrogens is 420 g/mol. The summed E-state index contributed by atoms with van der Waals surface area (Å²) in [4.78, 5) is 24.3. The van der Waals surface area contributed by atoms with E-state index in [0.29, 0.717) is 25.0 Å². The number of anilines is 2. The van der Waals surface area contributed by atoms with E-state index in [0.717, 1.165) is 60.9 Å². The molecule has 9 heteroatoms. The minimum atomic E-state index is -0.344. The van der Waals surface area contributed by atoms with Crippen molar-refractivity contribution in [2.24, 2.45) is 5.73 Å². The fraction of sp³-hybridized carbons (Fsp3) is 0.458. The second-order valence-electron chi connectivity index (χ2n) is 9.34. The predicted octanol–water partition coefficient (Wildman–Crippen LogP) is 1.65. The van der Waals surface area contributed by atoms with Crippen molar-refractivity contribution in [3.05, 3.63) is 47.7 Å². The summed E-state index contributed by atoms with van der Waals surface area (Å²) < 4.78 is 11.7. The van der Waals surface area contributed by atoms with E-state index in [-0.39, 0.29) is 17.1 Å². The highest BCUT2D eigenvalue weighted by Gasteiger charge is 2.32. The quantitative estimate of drug-likeness (QED) is 0.589.